The number of carbonyl (C=O) groups is 1. The van der Waals surface area contributed by atoms with E-state index in [1.165, 1.54) is 0 Å². The van der Waals surface area contributed by atoms with Crippen molar-refractivity contribution in [1.82, 2.24) is 4.90 Å². The van der Waals surface area contributed by atoms with Crippen LogP contribution < -0.4 is 0 Å². The van der Waals surface area contributed by atoms with Gasteiger partial charge >= 0.3 is 5.97 Å². The second-order valence-electron chi connectivity index (χ2n) is 11.4. The molecule has 1 aromatic carbocycles. The summed E-state index contributed by atoms with van der Waals surface area (Å²) >= 11 is 0. The van der Waals surface area contributed by atoms with Crippen molar-refractivity contribution in [2.24, 2.45) is 17.8 Å². The van der Waals surface area contributed by atoms with Gasteiger partial charge in [-0.1, -0.05) is 63.7 Å². The topological polar surface area (TPSA) is 49.8 Å². The molecule has 0 aliphatic heterocycles. The van der Waals surface area contributed by atoms with Crippen molar-refractivity contribution >= 4 is 5.97 Å². The maximum absolute atomic E-state index is 13.7. The summed E-state index contributed by atoms with van der Waals surface area (Å²) in [4.78, 5) is 16.0. The van der Waals surface area contributed by atoms with Crippen molar-refractivity contribution in [3.05, 3.63) is 34.9 Å². The smallest absolute Gasteiger partial charge is 0.344 e. The van der Waals surface area contributed by atoms with Gasteiger partial charge in [0.15, 0.2) is 11.7 Å². The highest BCUT2D eigenvalue weighted by molar-refractivity contribution is 5.82. The van der Waals surface area contributed by atoms with Crippen LogP contribution in [0.25, 0.3) is 0 Å². The van der Waals surface area contributed by atoms with Crippen LogP contribution in [0.15, 0.2) is 18.2 Å². The van der Waals surface area contributed by atoms with E-state index in [1.807, 2.05) is 32.0 Å². The lowest BCUT2D eigenvalue weighted by atomic mass is 9.64. The molecular weight excluding hydrogens is 422 g/mol. The molecule has 0 amide bonds. The summed E-state index contributed by atoms with van der Waals surface area (Å²) in [6.45, 7) is 21.8. The molecule has 1 aliphatic rings. The summed E-state index contributed by atoms with van der Waals surface area (Å²) in [7, 11) is 0. The van der Waals surface area contributed by atoms with Gasteiger partial charge in [-0.25, -0.2) is 4.79 Å². The van der Waals surface area contributed by atoms with E-state index in [0.29, 0.717) is 11.5 Å². The van der Waals surface area contributed by atoms with Crippen molar-refractivity contribution in [2.45, 2.75) is 112 Å². The molecule has 540 valence electrons. The molecular formula is C30H397NO3. The normalized spacial score (nSPS) is 24.5. The average molecular weight is 823 g/mol. The molecule has 6 atom stereocenters. The molecule has 0 bridgehead atoms. The van der Waals surface area contributed by atoms with E-state index < -0.39 is 17.7 Å². The number of carbonyl (C=O) groups excluding carboxylic acids is 1. The van der Waals surface area contributed by atoms with Crippen LogP contribution in [0.2, 0.25) is 0 Å². The zero-order chi connectivity index (χ0) is 25.8. The SMILES string of the molecule is CCN(C(C)C#CC(C)OC(=O)C(O)(c1ccc(C)c(C)c1)C1CCCC(C)C1C)C(C)(C)C.[HH].[HH].[HH].[HH].[HH].[HH].[HH].[HH].[HH].[HH].[HH].[HH].[HH].[HH].[HH].[HH].[HH].[HH].[HH].[HH].[HH].[HH].[HH].[HH].[HH].[HH].[HH].[HH].[HH].[HH].[HH].[HH].[HH].[HH].[HH].[HH].[HH].[HH].[HH].[HH].[HH].[HH].[HH].[HH].[HH].[HH].[HH].[HH].[HH].[HH].[HH].[HH].[HH].[HH].[HH].[HH].[HH].[HH].[HH].[HH].[HH].[HH].[HH].[HH].[HH].[HH].[HH].[HH].[HH].[HH].[HH].[HH].[HH].[HH].[HH].[HH].[HH].[HH].[HH].[HH].[HH].[HH].[HH].[HH].[HH].[HH].[HH].[HH].[HH].[HH].[HH].[HH].[HH].[HH].[HH].[HH].[HH].[HH].[HH].[HH].[HH].[HH].[HH].[HH].[HH].[HH].[HH].[HH].[HH].[HH].[HH].[HH].[HH].[HH].[HH].[HH].[HH].[HH].[HH].[HH].[HH].[HH].[HH].[HH].[HH].[HH].[HH].[HH].[HH].[HH].[HH].[HH].[HH].[HH].[HH].[HH].[HH].[HH].[HH].[HH].[HH].[HH].[HH].[HH].[HH].[HH].[HH].[HH].[HH].[HH].[HH].[HH].[HH].[HH].[HH].[HH].[HH].[HH].[HH].[HH].[HH].[HH].[HH].[HH].[HH].[HH].[HH].[HH].[HH].[HH].[HH].[HH].[HH].[HH].[HH]. The number of ether oxygens (including phenoxy) is 1. The van der Waals surface area contributed by atoms with Crippen LogP contribution in [-0.2, 0) is 15.1 Å². The van der Waals surface area contributed by atoms with E-state index in [-0.39, 0.29) is 273 Å². The number of nitrogens with zero attached hydrogens (tertiary/aromatic N) is 1. The fourth-order valence-corrected chi connectivity index (χ4v) is 5.56. The Bertz CT molecular complexity index is 1040. The lowest BCUT2D eigenvalue weighted by molar-refractivity contribution is -0.182. The van der Waals surface area contributed by atoms with E-state index in [1.54, 1.807) is 6.92 Å². The van der Waals surface area contributed by atoms with Crippen LogP contribution in [0, 0.1) is 43.4 Å². The predicted molar refractivity (Wildman–Crippen MR) is 510 cm³/mol. The molecule has 0 saturated heterocycles. The fourth-order valence-electron chi connectivity index (χ4n) is 5.56. The van der Waals surface area contributed by atoms with Crippen molar-refractivity contribution in [3.63, 3.8) is 0 Å². The summed E-state index contributed by atoms with van der Waals surface area (Å²) in [5.74, 6) is 6.26. The quantitative estimate of drug-likeness (QED) is 0.229. The summed E-state index contributed by atoms with van der Waals surface area (Å²) in [5.41, 5.74) is 1.14. The lowest BCUT2D eigenvalue weighted by Gasteiger charge is -2.43. The minimum Gasteiger partial charge on any atom is -0.447 e. The van der Waals surface area contributed by atoms with Gasteiger partial charge in [0.1, 0.15) is 0 Å². The molecule has 1 N–H and O–H groups in total. The third-order valence-corrected chi connectivity index (χ3v) is 7.95. The van der Waals surface area contributed by atoms with E-state index in [4.69, 9.17) is 4.74 Å². The van der Waals surface area contributed by atoms with Gasteiger partial charge < -0.3 is 9.84 Å². The highest BCUT2D eigenvalue weighted by atomic mass is 16.6. The number of benzene rings is 1. The molecule has 1 aromatic rings. The van der Waals surface area contributed by atoms with Gasteiger partial charge in [-0.3, -0.25) is 4.90 Å². The third kappa shape index (κ3) is 6.23. The van der Waals surface area contributed by atoms with Crippen LogP contribution in [0.3, 0.4) is 0 Å². The maximum atomic E-state index is 13.7. The number of hydrogen-bond donors (Lipinski definition) is 1. The molecule has 1 aliphatic carbocycles. The molecule has 0 aromatic heterocycles. The molecule has 0 heterocycles. The Morgan fingerprint density at radius 1 is 1.18 bits per heavy atom. The summed E-state index contributed by atoms with van der Waals surface area (Å²) in [5, 5.41) is 12.1. The van der Waals surface area contributed by atoms with Crippen LogP contribution >= 0.6 is 0 Å². The average Bonchev–Trinajstić information content (AvgIpc) is 2.75. The van der Waals surface area contributed by atoms with Crippen LogP contribution in [-0.4, -0.2) is 40.2 Å². The Balaban J connectivity index is -0.000000000407. The number of hydrogen-bond acceptors (Lipinski definition) is 4. The van der Waals surface area contributed by atoms with Gasteiger partial charge in [-0.2, -0.15) is 0 Å². The van der Waals surface area contributed by atoms with Gasteiger partial charge in [-0.15, -0.1) is 0 Å². The van der Waals surface area contributed by atoms with E-state index in [9.17, 15) is 9.90 Å². The van der Waals surface area contributed by atoms with Crippen molar-refractivity contribution in [3.8, 4) is 11.8 Å². The Hall–Kier alpha value is -1.83. The second-order valence-corrected chi connectivity index (χ2v) is 11.4. The number of rotatable bonds is 6. The number of esters is 1. The monoisotopic (exact) mass is 822 g/mol. The number of aryl methyl sites for hydroxylation is 2. The lowest BCUT2D eigenvalue weighted by Crippen LogP contribution is -2.49. The standard InChI is InChI=1S/C30H47NO3.175H2/c1-11-31(29(8,9)10)23(5)16-17-24(6)34-28(32)30(33,26-18-15-20(2)22(4)19-26)27-14-12-13-21(3)25(27)7;;;;;;;;;;;;;;;;;;;;;;;;;;;;;;;;;;;;;;;;;;;;;;;;;;;;;;;;;;;;;;;;;;;;;;;;;;;;;;;;;;;;;;;;;;;;;;;;;;;;;;;;;;;;;;;;;;;;;;;;;;;;;;;;;;;;;;;;;;;;;;;;;;;;;;;;;;;;;;;;;;;;;;;;;;;;;;;/h15,18-19,21,23-25,27,33H,11-14H2,1-10H3;175*1H. The first-order valence-corrected chi connectivity index (χ1v) is 13.0. The molecule has 34 heavy (non-hydrogen) atoms. The zero-order valence-corrected chi connectivity index (χ0v) is 23.2. The molecule has 0 spiro atoms. The van der Waals surface area contributed by atoms with E-state index in [2.05, 4.69) is 65.2 Å². The van der Waals surface area contributed by atoms with Crippen molar-refractivity contribution in [2.75, 3.05) is 6.54 Å². The Kier molecular flexibility index (Phi) is 9.42. The molecule has 1 fully saturated rings. The van der Waals surface area contributed by atoms with Crippen molar-refractivity contribution in [1.29, 1.82) is 0 Å². The predicted octanol–water partition coefficient (Wildman–Crippen LogP) is 49.1. The largest absolute Gasteiger partial charge is 0.447 e. The maximum Gasteiger partial charge on any atom is 0.344 e. The Morgan fingerprint density at radius 2 is 1.82 bits per heavy atom. The first kappa shape index (κ1) is 28.4. The Morgan fingerprint density at radius 3 is 2.38 bits per heavy atom. The molecule has 2 rings (SSSR count). The minimum absolute atomic E-state index is 0. The second kappa shape index (κ2) is 11.3. The van der Waals surface area contributed by atoms with Crippen LogP contribution in [0.4, 0.5) is 0 Å². The highest BCUT2D eigenvalue weighted by Crippen LogP contribution is 2.46. The van der Waals surface area contributed by atoms with E-state index in [0.717, 1.165) is 36.9 Å². The highest BCUT2D eigenvalue weighted by Gasteiger charge is 2.51. The third-order valence-electron chi connectivity index (χ3n) is 7.95. The number of aliphatic hydroxyl groups is 1. The molecule has 4 nitrogen and oxygen atoms in total. The summed E-state index contributed by atoms with van der Waals surface area (Å²) in [6.07, 6.45) is 2.32. The van der Waals surface area contributed by atoms with Crippen LogP contribution in [0.1, 0.15) is 341 Å². The fraction of sp³-hybridized carbons (Fsp3) is 0.700. The molecule has 1 saturated carbocycles. The molecule has 6 unspecified atom stereocenters. The first-order valence-electron chi connectivity index (χ1n) is 13.0. The van der Waals surface area contributed by atoms with Gasteiger partial charge in [0.05, 0.1) is 6.04 Å². The summed E-state index contributed by atoms with van der Waals surface area (Å²) in [6, 6.07) is 5.85. The summed E-state index contributed by atoms with van der Waals surface area (Å²) < 4.78 is 5.85. The Labute approximate surface area is 468 Å². The zero-order valence-electron chi connectivity index (χ0n) is 23.2. The molecule has 4 heteroatoms. The van der Waals surface area contributed by atoms with Crippen LogP contribution in [0.5, 0.6) is 0 Å². The van der Waals surface area contributed by atoms with Crippen molar-refractivity contribution < 1.29 is 264 Å². The van der Waals surface area contributed by atoms with E-state index >= 15 is 0 Å². The first-order chi connectivity index (χ1) is 15.7. The van der Waals surface area contributed by atoms with Gasteiger partial charge in [-0.05, 0) is 90.0 Å². The van der Waals surface area contributed by atoms with Gasteiger partial charge in [0.2, 0.25) is 0 Å². The minimum atomic E-state index is -1.69. The van der Waals surface area contributed by atoms with Gasteiger partial charge in [0, 0.05) is 261 Å². The molecule has 0 radical (unpaired) electrons. The van der Waals surface area contributed by atoms with Gasteiger partial charge in [0.25, 0.3) is 0 Å².